The highest BCUT2D eigenvalue weighted by atomic mass is 32.2. The van der Waals surface area contributed by atoms with Crippen molar-refractivity contribution in [1.29, 1.82) is 0 Å². The highest BCUT2D eigenvalue weighted by Gasteiger charge is 2.08. The minimum Gasteiger partial charge on any atom is -0.344 e. The molecule has 1 N–H and O–H groups in total. The van der Waals surface area contributed by atoms with Crippen LogP contribution in [0.1, 0.15) is 5.69 Å². The Morgan fingerprint density at radius 2 is 2.19 bits per heavy atom. The molecule has 16 heavy (non-hydrogen) atoms. The van der Waals surface area contributed by atoms with Crippen molar-refractivity contribution in [3.63, 3.8) is 0 Å². The smallest absolute Gasteiger partial charge is 0.138 e. The van der Waals surface area contributed by atoms with Crippen LogP contribution in [-0.2, 0) is 0 Å². The first-order valence-corrected chi connectivity index (χ1v) is 6.24. The third kappa shape index (κ3) is 1.54. The van der Waals surface area contributed by atoms with E-state index >= 15 is 0 Å². The van der Waals surface area contributed by atoms with Gasteiger partial charge in [-0.25, -0.2) is 4.98 Å². The third-order valence-corrected chi connectivity index (χ3v) is 3.87. The van der Waals surface area contributed by atoms with Crippen LogP contribution in [0.25, 0.3) is 21.5 Å². The Labute approximate surface area is 103 Å². The van der Waals surface area contributed by atoms with Gasteiger partial charge in [-0.2, -0.15) is 0 Å². The average molecular weight is 246 g/mol. The molecule has 4 heteroatoms. The predicted molar refractivity (Wildman–Crippen MR) is 71.4 cm³/mol. The monoisotopic (exact) mass is 246 g/mol. The molecule has 0 amide bonds. The molecule has 0 unspecified atom stereocenters. The van der Waals surface area contributed by atoms with Gasteiger partial charge in [0.1, 0.15) is 5.65 Å². The molecule has 0 saturated heterocycles. The molecule has 3 rings (SSSR count). The van der Waals surface area contributed by atoms with Crippen LogP contribution < -0.4 is 0 Å². The molecule has 0 aromatic carbocycles. The van der Waals surface area contributed by atoms with E-state index in [9.17, 15) is 0 Å². The SMILES string of the molecule is Cc1cc2c(-c3ccc(S)s3)ccnc2[nH]1. The quantitative estimate of drug-likeness (QED) is 0.627. The average Bonchev–Trinajstić information content (AvgIpc) is 2.82. The normalized spacial score (nSPS) is 11.1. The van der Waals surface area contributed by atoms with Crippen LogP contribution in [0.15, 0.2) is 34.7 Å². The summed E-state index contributed by atoms with van der Waals surface area (Å²) in [5, 5.41) is 1.18. The molecule has 0 bridgehead atoms. The molecule has 3 aromatic rings. The summed E-state index contributed by atoms with van der Waals surface area (Å²) in [6.07, 6.45) is 1.84. The fourth-order valence-corrected chi connectivity index (χ4v) is 3.00. The van der Waals surface area contributed by atoms with Crippen molar-refractivity contribution in [2.24, 2.45) is 0 Å². The summed E-state index contributed by atoms with van der Waals surface area (Å²) in [7, 11) is 0. The van der Waals surface area contributed by atoms with Crippen LogP contribution in [0.3, 0.4) is 0 Å². The molecular weight excluding hydrogens is 236 g/mol. The lowest BCUT2D eigenvalue weighted by molar-refractivity contribution is 1.25. The second-order valence-electron chi connectivity index (χ2n) is 3.71. The zero-order valence-electron chi connectivity index (χ0n) is 8.69. The van der Waals surface area contributed by atoms with Gasteiger partial charge in [-0.15, -0.1) is 24.0 Å². The van der Waals surface area contributed by atoms with Crippen LogP contribution in [-0.4, -0.2) is 9.97 Å². The number of H-pyrrole nitrogens is 1. The summed E-state index contributed by atoms with van der Waals surface area (Å²) in [5.41, 5.74) is 3.31. The summed E-state index contributed by atoms with van der Waals surface area (Å²) >= 11 is 6.04. The van der Waals surface area contributed by atoms with Crippen molar-refractivity contribution < 1.29 is 0 Å². The fourth-order valence-electron chi connectivity index (χ4n) is 1.85. The van der Waals surface area contributed by atoms with E-state index in [4.69, 9.17) is 0 Å². The molecule has 0 fully saturated rings. The molecule has 0 spiro atoms. The lowest BCUT2D eigenvalue weighted by Gasteiger charge is -1.98. The maximum Gasteiger partial charge on any atom is 0.138 e. The Morgan fingerprint density at radius 3 is 2.94 bits per heavy atom. The van der Waals surface area contributed by atoms with Gasteiger partial charge >= 0.3 is 0 Å². The first kappa shape index (κ1) is 9.93. The summed E-state index contributed by atoms with van der Waals surface area (Å²) in [6.45, 7) is 2.05. The summed E-state index contributed by atoms with van der Waals surface area (Å²) in [4.78, 5) is 8.81. The predicted octanol–water partition coefficient (Wildman–Crippen LogP) is 3.89. The van der Waals surface area contributed by atoms with Gasteiger partial charge in [0.2, 0.25) is 0 Å². The van der Waals surface area contributed by atoms with E-state index in [1.165, 1.54) is 15.8 Å². The zero-order valence-corrected chi connectivity index (χ0v) is 10.4. The molecule has 0 radical (unpaired) electrons. The zero-order chi connectivity index (χ0) is 11.1. The van der Waals surface area contributed by atoms with E-state index in [2.05, 4.69) is 40.8 Å². The van der Waals surface area contributed by atoms with E-state index < -0.39 is 0 Å². The number of aromatic nitrogens is 2. The Bertz CT molecular complexity index is 652. The number of aromatic amines is 1. The molecule has 80 valence electrons. The van der Waals surface area contributed by atoms with Gasteiger partial charge in [-0.05, 0) is 31.2 Å². The van der Waals surface area contributed by atoms with E-state index in [1.54, 1.807) is 11.3 Å². The Hall–Kier alpha value is -1.26. The molecule has 0 saturated carbocycles. The van der Waals surface area contributed by atoms with Crippen molar-refractivity contribution in [2.45, 2.75) is 11.1 Å². The number of fused-ring (bicyclic) bond motifs is 1. The fraction of sp³-hybridized carbons (Fsp3) is 0.0833. The summed E-state index contributed by atoms with van der Waals surface area (Å²) in [6, 6.07) is 8.31. The van der Waals surface area contributed by atoms with E-state index in [0.717, 1.165) is 15.6 Å². The van der Waals surface area contributed by atoms with Crippen LogP contribution in [0.2, 0.25) is 0 Å². The minimum atomic E-state index is 0.948. The van der Waals surface area contributed by atoms with Gasteiger partial charge < -0.3 is 4.98 Å². The van der Waals surface area contributed by atoms with Crippen LogP contribution >= 0.6 is 24.0 Å². The van der Waals surface area contributed by atoms with Crippen LogP contribution in [0.5, 0.6) is 0 Å². The van der Waals surface area contributed by atoms with Crippen molar-refractivity contribution in [3.8, 4) is 10.4 Å². The first-order valence-electron chi connectivity index (χ1n) is 4.97. The van der Waals surface area contributed by atoms with Crippen LogP contribution in [0, 0.1) is 6.92 Å². The molecule has 3 heterocycles. The highest BCUT2D eigenvalue weighted by molar-refractivity contribution is 7.83. The van der Waals surface area contributed by atoms with Gasteiger partial charge in [0, 0.05) is 27.7 Å². The highest BCUT2D eigenvalue weighted by Crippen LogP contribution is 2.34. The van der Waals surface area contributed by atoms with Gasteiger partial charge in [0.15, 0.2) is 0 Å². The summed E-state index contributed by atoms with van der Waals surface area (Å²) in [5.74, 6) is 0. The summed E-state index contributed by atoms with van der Waals surface area (Å²) < 4.78 is 1.03. The number of nitrogens with zero attached hydrogens (tertiary/aromatic N) is 1. The van der Waals surface area contributed by atoms with Gasteiger partial charge in [0.05, 0.1) is 4.21 Å². The maximum absolute atomic E-state index is 4.35. The number of pyridine rings is 1. The molecule has 2 nitrogen and oxygen atoms in total. The molecule has 0 aliphatic rings. The van der Waals surface area contributed by atoms with Crippen molar-refractivity contribution in [2.75, 3.05) is 0 Å². The number of thiol groups is 1. The van der Waals surface area contributed by atoms with Gasteiger partial charge in [0.25, 0.3) is 0 Å². The second-order valence-corrected chi connectivity index (χ2v) is 5.58. The Kier molecular flexibility index (Phi) is 2.26. The third-order valence-electron chi connectivity index (χ3n) is 2.52. The standard InChI is InChI=1S/C12H10N2S2/c1-7-6-9-8(4-5-13-12(9)14-7)10-2-3-11(15)16-10/h2-6,15H,1H3,(H,13,14). The molecule has 0 aliphatic heterocycles. The van der Waals surface area contributed by atoms with Crippen molar-refractivity contribution in [3.05, 3.63) is 36.2 Å². The number of hydrogen-bond acceptors (Lipinski definition) is 3. The number of thiophene rings is 1. The van der Waals surface area contributed by atoms with Crippen LogP contribution in [0.4, 0.5) is 0 Å². The van der Waals surface area contributed by atoms with Gasteiger partial charge in [-0.3, -0.25) is 0 Å². The molecule has 0 aliphatic carbocycles. The second kappa shape index (κ2) is 3.64. The molecular formula is C12H10N2S2. The van der Waals surface area contributed by atoms with Gasteiger partial charge in [-0.1, -0.05) is 0 Å². The van der Waals surface area contributed by atoms with E-state index in [1.807, 2.05) is 19.2 Å². The molecule has 0 atom stereocenters. The number of rotatable bonds is 1. The maximum atomic E-state index is 4.35. The largest absolute Gasteiger partial charge is 0.344 e. The van der Waals surface area contributed by atoms with Crippen molar-refractivity contribution in [1.82, 2.24) is 9.97 Å². The lowest BCUT2D eigenvalue weighted by atomic mass is 10.1. The first-order chi connectivity index (χ1) is 7.74. The topological polar surface area (TPSA) is 28.7 Å². The lowest BCUT2D eigenvalue weighted by Crippen LogP contribution is -1.78. The Balaban J connectivity index is 2.30. The number of aryl methyl sites for hydroxylation is 1. The molecule has 3 aromatic heterocycles. The van der Waals surface area contributed by atoms with E-state index in [-0.39, 0.29) is 0 Å². The minimum absolute atomic E-state index is 0.948. The number of nitrogens with one attached hydrogen (secondary N) is 1. The Morgan fingerprint density at radius 1 is 1.31 bits per heavy atom. The number of hydrogen-bond donors (Lipinski definition) is 2. The van der Waals surface area contributed by atoms with Crippen molar-refractivity contribution >= 4 is 35.0 Å². The van der Waals surface area contributed by atoms with E-state index in [0.29, 0.717) is 0 Å².